The summed E-state index contributed by atoms with van der Waals surface area (Å²) in [7, 11) is 0. The van der Waals surface area contributed by atoms with Gasteiger partial charge in [0.1, 0.15) is 0 Å². The van der Waals surface area contributed by atoms with Gasteiger partial charge in [0.25, 0.3) is 5.91 Å². The Balaban J connectivity index is 2.47. The monoisotopic (exact) mass is 214 g/mol. The third-order valence-corrected chi connectivity index (χ3v) is 2.47. The largest absolute Gasteiger partial charge is 0.464 e. The lowest BCUT2D eigenvalue weighted by atomic mass is 10.1. The predicted octanol–water partition coefficient (Wildman–Crippen LogP) is -0.111. The van der Waals surface area contributed by atoms with Gasteiger partial charge in [-0.15, -0.1) is 0 Å². The van der Waals surface area contributed by atoms with Crippen molar-refractivity contribution in [2.45, 2.75) is 32.2 Å². The van der Waals surface area contributed by atoms with E-state index in [0.29, 0.717) is 13.1 Å². The average molecular weight is 214 g/mol. The van der Waals surface area contributed by atoms with Crippen LogP contribution in [0.25, 0.3) is 0 Å². The van der Waals surface area contributed by atoms with Crippen LogP contribution >= 0.6 is 0 Å². The zero-order valence-corrected chi connectivity index (χ0v) is 9.07. The number of hydrogen-bond donors (Lipinski definition) is 1. The van der Waals surface area contributed by atoms with E-state index in [0.717, 1.165) is 19.3 Å². The molecule has 5 nitrogen and oxygen atoms in total. The fourth-order valence-corrected chi connectivity index (χ4v) is 1.64. The average Bonchev–Trinajstić information content (AvgIpc) is 2.28. The first-order chi connectivity index (χ1) is 7.16. The molecule has 15 heavy (non-hydrogen) atoms. The molecule has 0 bridgehead atoms. The first-order valence-corrected chi connectivity index (χ1v) is 5.37. The fourth-order valence-electron chi connectivity index (χ4n) is 1.64. The summed E-state index contributed by atoms with van der Waals surface area (Å²) in [6.45, 7) is 3.34. The number of rotatable bonds is 3. The van der Waals surface area contributed by atoms with E-state index in [1.807, 2.05) is 0 Å². The van der Waals surface area contributed by atoms with Crippen molar-refractivity contribution in [3.63, 3.8) is 0 Å². The molecule has 0 saturated carbocycles. The molecule has 1 aliphatic heterocycles. The Kier molecular flexibility index (Phi) is 4.55. The van der Waals surface area contributed by atoms with Crippen molar-refractivity contribution in [3.05, 3.63) is 0 Å². The number of carbonyl (C=O) groups excluding carboxylic acids is 2. The summed E-state index contributed by atoms with van der Waals surface area (Å²) >= 11 is 0. The Morgan fingerprint density at radius 3 is 2.47 bits per heavy atom. The molecule has 0 unspecified atom stereocenters. The van der Waals surface area contributed by atoms with Crippen molar-refractivity contribution in [3.8, 4) is 0 Å². The fraction of sp³-hybridized carbons (Fsp3) is 0.800. The summed E-state index contributed by atoms with van der Waals surface area (Å²) in [5.74, 6) is -0.943. The highest BCUT2D eigenvalue weighted by molar-refractivity contribution is 6.01. The molecule has 1 amide bonds. The number of carbonyl (C=O) groups is 2. The molecule has 0 aromatic rings. The first-order valence-electron chi connectivity index (χ1n) is 5.37. The van der Waals surface area contributed by atoms with Crippen molar-refractivity contribution in [1.82, 2.24) is 4.90 Å². The maximum Gasteiger partial charge on any atom is 0.332 e. The van der Waals surface area contributed by atoms with Gasteiger partial charge in [0, 0.05) is 13.1 Å². The van der Waals surface area contributed by atoms with Crippen LogP contribution in [0.3, 0.4) is 0 Å². The van der Waals surface area contributed by atoms with Gasteiger partial charge in [-0.05, 0) is 26.2 Å². The smallest absolute Gasteiger partial charge is 0.332 e. The van der Waals surface area contributed by atoms with Crippen molar-refractivity contribution >= 4 is 11.9 Å². The number of likely N-dealkylation sites (tertiary alicyclic amines) is 1. The van der Waals surface area contributed by atoms with Crippen molar-refractivity contribution < 1.29 is 14.3 Å². The molecule has 0 aliphatic carbocycles. The van der Waals surface area contributed by atoms with E-state index in [-0.39, 0.29) is 12.5 Å². The minimum absolute atomic E-state index is 0.250. The Morgan fingerprint density at radius 1 is 1.33 bits per heavy atom. The van der Waals surface area contributed by atoms with Crippen molar-refractivity contribution in [1.29, 1.82) is 0 Å². The maximum absolute atomic E-state index is 11.7. The zero-order chi connectivity index (χ0) is 11.3. The van der Waals surface area contributed by atoms with E-state index in [1.165, 1.54) is 0 Å². The van der Waals surface area contributed by atoms with Crippen LogP contribution in [0.15, 0.2) is 0 Å². The lowest BCUT2D eigenvalue weighted by Crippen LogP contribution is -2.50. The number of nitrogens with zero attached hydrogens (tertiary/aromatic N) is 1. The van der Waals surface area contributed by atoms with Crippen LogP contribution in [-0.4, -0.2) is 42.5 Å². The molecule has 0 radical (unpaired) electrons. The highest BCUT2D eigenvalue weighted by Crippen LogP contribution is 2.09. The standard InChI is InChI=1S/C10H18N2O3/c1-2-15-10(14)8(11)9(13)12-6-4-3-5-7-12/h8H,2-7,11H2,1H3/t8-/m1/s1. The second-order valence-corrected chi connectivity index (χ2v) is 3.62. The molecular weight excluding hydrogens is 196 g/mol. The number of esters is 1. The maximum atomic E-state index is 11.7. The molecule has 1 fully saturated rings. The van der Waals surface area contributed by atoms with E-state index < -0.39 is 12.0 Å². The molecule has 1 rings (SSSR count). The van der Waals surface area contributed by atoms with Crippen LogP contribution < -0.4 is 5.73 Å². The quantitative estimate of drug-likeness (QED) is 0.525. The van der Waals surface area contributed by atoms with Crippen molar-refractivity contribution in [2.24, 2.45) is 5.73 Å². The number of piperidine rings is 1. The van der Waals surface area contributed by atoms with E-state index >= 15 is 0 Å². The highest BCUT2D eigenvalue weighted by atomic mass is 16.5. The van der Waals surface area contributed by atoms with Gasteiger partial charge in [-0.25, -0.2) is 4.79 Å². The van der Waals surface area contributed by atoms with E-state index in [1.54, 1.807) is 11.8 Å². The normalized spacial score (nSPS) is 18.4. The van der Waals surface area contributed by atoms with Gasteiger partial charge in [-0.3, -0.25) is 4.79 Å². The van der Waals surface area contributed by atoms with Crippen LogP contribution in [0, 0.1) is 0 Å². The molecule has 0 aromatic heterocycles. The van der Waals surface area contributed by atoms with Gasteiger partial charge >= 0.3 is 5.97 Å². The second-order valence-electron chi connectivity index (χ2n) is 3.62. The molecule has 0 aromatic carbocycles. The van der Waals surface area contributed by atoms with Crippen LogP contribution in [0.2, 0.25) is 0 Å². The molecule has 0 spiro atoms. The number of nitrogens with two attached hydrogens (primary N) is 1. The van der Waals surface area contributed by atoms with Gasteiger partial charge in [0.2, 0.25) is 0 Å². The Hall–Kier alpha value is -1.10. The number of amides is 1. The van der Waals surface area contributed by atoms with Gasteiger partial charge in [0.05, 0.1) is 6.61 Å². The Morgan fingerprint density at radius 2 is 1.93 bits per heavy atom. The van der Waals surface area contributed by atoms with E-state index in [2.05, 4.69) is 0 Å². The SMILES string of the molecule is CCOC(=O)[C@H](N)C(=O)N1CCCCC1. The van der Waals surface area contributed by atoms with Gasteiger partial charge in [-0.1, -0.05) is 0 Å². The third kappa shape index (κ3) is 3.20. The third-order valence-electron chi connectivity index (χ3n) is 2.47. The molecular formula is C10H18N2O3. The summed E-state index contributed by atoms with van der Waals surface area (Å²) in [5, 5.41) is 0. The molecule has 86 valence electrons. The lowest BCUT2D eigenvalue weighted by molar-refractivity contribution is -0.151. The molecule has 1 heterocycles. The van der Waals surface area contributed by atoms with Crippen LogP contribution in [0.4, 0.5) is 0 Å². The lowest BCUT2D eigenvalue weighted by Gasteiger charge is -2.28. The molecule has 2 N–H and O–H groups in total. The van der Waals surface area contributed by atoms with E-state index in [9.17, 15) is 9.59 Å². The number of hydrogen-bond acceptors (Lipinski definition) is 4. The minimum atomic E-state index is -1.15. The van der Waals surface area contributed by atoms with E-state index in [4.69, 9.17) is 10.5 Å². The van der Waals surface area contributed by atoms with Crippen LogP contribution in [-0.2, 0) is 14.3 Å². The zero-order valence-electron chi connectivity index (χ0n) is 9.07. The highest BCUT2D eigenvalue weighted by Gasteiger charge is 2.28. The summed E-state index contributed by atoms with van der Waals surface area (Å²) in [4.78, 5) is 24.6. The second kappa shape index (κ2) is 5.70. The Labute approximate surface area is 89.6 Å². The van der Waals surface area contributed by atoms with Crippen LogP contribution in [0.1, 0.15) is 26.2 Å². The minimum Gasteiger partial charge on any atom is -0.464 e. The van der Waals surface area contributed by atoms with Crippen molar-refractivity contribution in [2.75, 3.05) is 19.7 Å². The number of ether oxygens (including phenoxy) is 1. The molecule has 1 atom stereocenters. The molecule has 1 aliphatic rings. The summed E-state index contributed by atoms with van der Waals surface area (Å²) in [6.07, 6.45) is 3.11. The first kappa shape index (κ1) is 12.0. The molecule has 1 saturated heterocycles. The van der Waals surface area contributed by atoms with Gasteiger partial charge in [0.15, 0.2) is 6.04 Å². The summed E-state index contributed by atoms with van der Waals surface area (Å²) in [5.41, 5.74) is 5.51. The Bertz CT molecular complexity index is 237. The van der Waals surface area contributed by atoms with Gasteiger partial charge in [-0.2, -0.15) is 0 Å². The van der Waals surface area contributed by atoms with Gasteiger partial charge < -0.3 is 15.4 Å². The summed E-state index contributed by atoms with van der Waals surface area (Å²) in [6, 6.07) is -1.15. The molecule has 5 heteroatoms. The van der Waals surface area contributed by atoms with Crippen LogP contribution in [0.5, 0.6) is 0 Å². The predicted molar refractivity (Wildman–Crippen MR) is 55.0 cm³/mol. The summed E-state index contributed by atoms with van der Waals surface area (Å²) < 4.78 is 4.70. The topological polar surface area (TPSA) is 72.6 Å².